The molecule has 1 aliphatic heterocycles. The highest BCUT2D eigenvalue weighted by molar-refractivity contribution is 5.96. The molecule has 0 fully saturated rings. The molecule has 1 aliphatic rings. The van der Waals surface area contributed by atoms with Gasteiger partial charge >= 0.3 is 6.18 Å². The lowest BCUT2D eigenvalue weighted by Gasteiger charge is -2.28. The van der Waals surface area contributed by atoms with Crippen molar-refractivity contribution in [1.82, 2.24) is 4.98 Å². The summed E-state index contributed by atoms with van der Waals surface area (Å²) in [6.07, 6.45) is -3.01. The van der Waals surface area contributed by atoms with Crippen LogP contribution in [0.15, 0.2) is 42.6 Å². The lowest BCUT2D eigenvalue weighted by atomic mass is 10.1. The molecular weight excluding hydrogens is 297 g/mol. The number of hydrogen-bond donors (Lipinski definition) is 0. The van der Waals surface area contributed by atoms with E-state index >= 15 is 0 Å². The van der Waals surface area contributed by atoms with E-state index < -0.39 is 17.6 Å². The molecule has 1 amide bonds. The maximum atomic E-state index is 13.1. The third-order valence-electron chi connectivity index (χ3n) is 3.31. The minimum absolute atomic E-state index is 0.0156. The first-order valence-corrected chi connectivity index (χ1v) is 6.50. The van der Waals surface area contributed by atoms with Gasteiger partial charge in [-0.3, -0.25) is 9.69 Å². The molecule has 0 saturated carbocycles. The maximum Gasteiger partial charge on any atom is 0.416 e. The standard InChI is InChI=1S/C15H11F3N2O2/c16-15(17,18)11-5-2-1-4-10(11)8-20-13(21)9-22-12-6-3-7-19-14(12)20/h1-7H,8-9H2. The highest BCUT2D eigenvalue weighted by Gasteiger charge is 2.35. The predicted molar refractivity (Wildman–Crippen MR) is 72.4 cm³/mol. The van der Waals surface area contributed by atoms with Crippen molar-refractivity contribution >= 4 is 11.7 Å². The summed E-state index contributed by atoms with van der Waals surface area (Å²) in [5.41, 5.74) is -0.742. The Kier molecular flexibility index (Phi) is 3.48. The van der Waals surface area contributed by atoms with Gasteiger partial charge in [0, 0.05) is 6.20 Å². The number of halogens is 3. The van der Waals surface area contributed by atoms with Crippen LogP contribution >= 0.6 is 0 Å². The van der Waals surface area contributed by atoms with Crippen LogP contribution in [0, 0.1) is 0 Å². The van der Waals surface area contributed by atoms with Gasteiger partial charge in [-0.15, -0.1) is 0 Å². The zero-order valence-corrected chi connectivity index (χ0v) is 11.3. The van der Waals surface area contributed by atoms with Crippen molar-refractivity contribution in [1.29, 1.82) is 0 Å². The number of amides is 1. The molecular formula is C15H11F3N2O2. The Morgan fingerprint density at radius 1 is 1.18 bits per heavy atom. The number of pyridine rings is 1. The summed E-state index contributed by atoms with van der Waals surface area (Å²) in [6, 6.07) is 8.44. The minimum Gasteiger partial charge on any atom is -0.480 e. The van der Waals surface area contributed by atoms with Crippen molar-refractivity contribution in [2.45, 2.75) is 12.7 Å². The van der Waals surface area contributed by atoms with Gasteiger partial charge in [-0.1, -0.05) is 18.2 Å². The Morgan fingerprint density at radius 3 is 2.73 bits per heavy atom. The van der Waals surface area contributed by atoms with Crippen molar-refractivity contribution in [3.63, 3.8) is 0 Å². The number of anilines is 1. The number of alkyl halides is 3. The van der Waals surface area contributed by atoms with E-state index in [9.17, 15) is 18.0 Å². The Balaban J connectivity index is 1.99. The summed E-state index contributed by atoms with van der Waals surface area (Å²) in [4.78, 5) is 17.3. The first kappa shape index (κ1) is 14.4. The van der Waals surface area contributed by atoms with Crippen LogP contribution in [0.2, 0.25) is 0 Å². The minimum atomic E-state index is -4.47. The molecule has 2 aromatic rings. The third-order valence-corrected chi connectivity index (χ3v) is 3.31. The highest BCUT2D eigenvalue weighted by Crippen LogP contribution is 2.35. The van der Waals surface area contributed by atoms with E-state index in [0.29, 0.717) is 5.75 Å². The van der Waals surface area contributed by atoms with Crippen LogP contribution in [-0.2, 0) is 17.5 Å². The smallest absolute Gasteiger partial charge is 0.416 e. The van der Waals surface area contributed by atoms with Crippen LogP contribution in [0.5, 0.6) is 5.75 Å². The molecule has 0 atom stereocenters. The molecule has 0 spiro atoms. The largest absolute Gasteiger partial charge is 0.480 e. The number of fused-ring (bicyclic) bond motifs is 1. The van der Waals surface area contributed by atoms with Gasteiger partial charge in [-0.2, -0.15) is 13.2 Å². The molecule has 0 bridgehead atoms. The van der Waals surface area contributed by atoms with Gasteiger partial charge in [0.2, 0.25) is 0 Å². The summed E-state index contributed by atoms with van der Waals surface area (Å²) < 4.78 is 44.4. The van der Waals surface area contributed by atoms with Gasteiger partial charge in [0.1, 0.15) is 0 Å². The van der Waals surface area contributed by atoms with E-state index in [2.05, 4.69) is 4.98 Å². The SMILES string of the molecule is O=C1COc2cccnc2N1Cc1ccccc1C(F)(F)F. The molecule has 2 heterocycles. The van der Waals surface area contributed by atoms with Crippen molar-refractivity contribution in [3.8, 4) is 5.75 Å². The van der Waals surface area contributed by atoms with Gasteiger partial charge in [-0.05, 0) is 23.8 Å². The van der Waals surface area contributed by atoms with Crippen molar-refractivity contribution < 1.29 is 22.7 Å². The summed E-state index contributed by atoms with van der Waals surface area (Å²) in [6.45, 7) is -0.422. The predicted octanol–water partition coefficient (Wildman–Crippen LogP) is 3.03. The number of hydrogen-bond acceptors (Lipinski definition) is 3. The molecule has 4 nitrogen and oxygen atoms in total. The van der Waals surface area contributed by atoms with Crippen LogP contribution in [-0.4, -0.2) is 17.5 Å². The second-order valence-corrected chi connectivity index (χ2v) is 4.75. The average molecular weight is 308 g/mol. The first-order valence-electron chi connectivity index (χ1n) is 6.50. The molecule has 7 heteroatoms. The van der Waals surface area contributed by atoms with E-state index in [1.54, 1.807) is 12.1 Å². The molecule has 114 valence electrons. The Morgan fingerprint density at radius 2 is 1.95 bits per heavy atom. The topological polar surface area (TPSA) is 42.4 Å². The number of carbonyl (C=O) groups is 1. The van der Waals surface area contributed by atoms with Crippen LogP contribution in [0.3, 0.4) is 0 Å². The van der Waals surface area contributed by atoms with Crippen LogP contribution in [0.1, 0.15) is 11.1 Å². The lowest BCUT2D eigenvalue weighted by Crippen LogP contribution is -2.39. The number of benzene rings is 1. The second-order valence-electron chi connectivity index (χ2n) is 4.75. The molecule has 1 aromatic carbocycles. The Hall–Kier alpha value is -2.57. The van der Waals surface area contributed by atoms with Gasteiger partial charge in [-0.25, -0.2) is 4.98 Å². The monoisotopic (exact) mass is 308 g/mol. The summed E-state index contributed by atoms with van der Waals surface area (Å²) in [5.74, 6) is 0.186. The fourth-order valence-electron chi connectivity index (χ4n) is 2.30. The number of carbonyl (C=O) groups excluding carboxylic acids is 1. The van der Waals surface area contributed by atoms with E-state index in [-0.39, 0.29) is 24.5 Å². The Bertz CT molecular complexity index is 716. The number of ether oxygens (including phenoxy) is 1. The number of rotatable bonds is 2. The number of aromatic nitrogens is 1. The maximum absolute atomic E-state index is 13.1. The van der Waals surface area contributed by atoms with Crippen molar-refractivity contribution in [2.75, 3.05) is 11.5 Å². The number of nitrogens with zero attached hydrogens (tertiary/aromatic N) is 2. The van der Waals surface area contributed by atoms with Gasteiger partial charge < -0.3 is 4.74 Å². The van der Waals surface area contributed by atoms with Gasteiger partial charge in [0.15, 0.2) is 18.2 Å². The highest BCUT2D eigenvalue weighted by atomic mass is 19.4. The van der Waals surface area contributed by atoms with Gasteiger partial charge in [0.25, 0.3) is 5.91 Å². The first-order chi connectivity index (χ1) is 10.5. The zero-order chi connectivity index (χ0) is 15.7. The summed E-state index contributed by atoms with van der Waals surface area (Å²) in [5, 5.41) is 0. The fraction of sp³-hybridized carbons (Fsp3) is 0.200. The van der Waals surface area contributed by atoms with E-state index in [0.717, 1.165) is 6.07 Å². The summed E-state index contributed by atoms with van der Waals surface area (Å²) in [7, 11) is 0. The lowest BCUT2D eigenvalue weighted by molar-refractivity contribution is -0.138. The van der Waals surface area contributed by atoms with Crippen molar-refractivity contribution in [2.24, 2.45) is 0 Å². The van der Waals surface area contributed by atoms with E-state index in [1.807, 2.05) is 0 Å². The molecule has 0 N–H and O–H groups in total. The molecule has 1 aromatic heterocycles. The molecule has 0 aliphatic carbocycles. The normalized spacial score (nSPS) is 14.5. The van der Waals surface area contributed by atoms with Crippen LogP contribution in [0.25, 0.3) is 0 Å². The van der Waals surface area contributed by atoms with E-state index in [4.69, 9.17) is 4.74 Å². The molecule has 0 radical (unpaired) electrons. The zero-order valence-electron chi connectivity index (χ0n) is 11.3. The quantitative estimate of drug-likeness (QED) is 0.856. The average Bonchev–Trinajstić information content (AvgIpc) is 2.50. The molecule has 3 rings (SSSR count). The van der Waals surface area contributed by atoms with Crippen LogP contribution < -0.4 is 9.64 Å². The van der Waals surface area contributed by atoms with Gasteiger partial charge in [0.05, 0.1) is 12.1 Å². The summed E-state index contributed by atoms with van der Waals surface area (Å²) >= 11 is 0. The van der Waals surface area contributed by atoms with E-state index in [1.165, 1.54) is 29.3 Å². The van der Waals surface area contributed by atoms with Crippen molar-refractivity contribution in [3.05, 3.63) is 53.7 Å². The molecule has 0 saturated heterocycles. The third kappa shape index (κ3) is 2.61. The second kappa shape index (κ2) is 5.32. The molecule has 22 heavy (non-hydrogen) atoms. The molecule has 0 unspecified atom stereocenters. The Labute approximate surface area is 124 Å². The fourth-order valence-corrected chi connectivity index (χ4v) is 2.30. The van der Waals surface area contributed by atoms with Crippen LogP contribution in [0.4, 0.5) is 19.0 Å².